The van der Waals surface area contributed by atoms with Gasteiger partial charge in [0.2, 0.25) is 0 Å². The molecule has 6 heteroatoms. The molecule has 2 rings (SSSR count). The normalized spacial score (nSPS) is 11.7. The molecule has 1 heterocycles. The number of esters is 1. The molecule has 1 atom stereocenters. The SMILES string of the molecule is C[C@@H](OC(=O)CCCc1cccs1)C(=O)Nc1ccc(Cl)cc1. The van der Waals surface area contributed by atoms with Crippen LogP contribution >= 0.6 is 22.9 Å². The summed E-state index contributed by atoms with van der Waals surface area (Å²) in [6.45, 7) is 1.56. The lowest BCUT2D eigenvalue weighted by Crippen LogP contribution is -2.29. The molecular weight excluding hydrogens is 334 g/mol. The van der Waals surface area contributed by atoms with Gasteiger partial charge in [0, 0.05) is 22.0 Å². The van der Waals surface area contributed by atoms with Gasteiger partial charge >= 0.3 is 5.97 Å². The van der Waals surface area contributed by atoms with E-state index in [1.807, 2.05) is 17.5 Å². The first-order valence-electron chi connectivity index (χ1n) is 7.33. The van der Waals surface area contributed by atoms with Crippen LogP contribution in [-0.4, -0.2) is 18.0 Å². The maximum Gasteiger partial charge on any atom is 0.306 e. The maximum absolute atomic E-state index is 12.0. The van der Waals surface area contributed by atoms with Gasteiger partial charge in [-0.3, -0.25) is 9.59 Å². The number of nitrogens with one attached hydrogen (secondary N) is 1. The number of benzene rings is 1. The van der Waals surface area contributed by atoms with E-state index in [-0.39, 0.29) is 11.9 Å². The molecule has 1 aromatic heterocycles. The third kappa shape index (κ3) is 6.04. The van der Waals surface area contributed by atoms with Crippen molar-refractivity contribution in [3.63, 3.8) is 0 Å². The van der Waals surface area contributed by atoms with Crippen molar-refractivity contribution in [2.24, 2.45) is 0 Å². The van der Waals surface area contributed by atoms with Crippen LogP contribution in [0.2, 0.25) is 5.02 Å². The van der Waals surface area contributed by atoms with E-state index in [2.05, 4.69) is 5.32 Å². The highest BCUT2D eigenvalue weighted by Crippen LogP contribution is 2.15. The van der Waals surface area contributed by atoms with Crippen molar-refractivity contribution in [2.45, 2.75) is 32.3 Å². The third-order valence-electron chi connectivity index (χ3n) is 3.17. The molecule has 0 saturated carbocycles. The first-order valence-corrected chi connectivity index (χ1v) is 8.58. The topological polar surface area (TPSA) is 55.4 Å². The Balaban J connectivity index is 1.71. The number of carbonyl (C=O) groups is 2. The third-order valence-corrected chi connectivity index (χ3v) is 4.36. The summed E-state index contributed by atoms with van der Waals surface area (Å²) >= 11 is 7.45. The summed E-state index contributed by atoms with van der Waals surface area (Å²) in [5, 5.41) is 5.28. The number of thiophene rings is 1. The van der Waals surface area contributed by atoms with Gasteiger partial charge in [-0.2, -0.15) is 0 Å². The van der Waals surface area contributed by atoms with E-state index >= 15 is 0 Å². The van der Waals surface area contributed by atoms with Gasteiger partial charge in [-0.1, -0.05) is 17.7 Å². The van der Waals surface area contributed by atoms with E-state index in [9.17, 15) is 9.59 Å². The van der Waals surface area contributed by atoms with Crippen LogP contribution in [-0.2, 0) is 20.7 Å². The van der Waals surface area contributed by atoms with Gasteiger partial charge in [0.15, 0.2) is 6.10 Å². The number of hydrogen-bond donors (Lipinski definition) is 1. The van der Waals surface area contributed by atoms with Crippen molar-refractivity contribution in [3.8, 4) is 0 Å². The van der Waals surface area contributed by atoms with Crippen molar-refractivity contribution in [3.05, 3.63) is 51.7 Å². The second-order valence-corrected chi connectivity index (χ2v) is 6.53. The van der Waals surface area contributed by atoms with E-state index in [1.165, 1.54) is 4.88 Å². The number of ether oxygens (including phenoxy) is 1. The van der Waals surface area contributed by atoms with Crippen LogP contribution in [0.25, 0.3) is 0 Å². The number of carbonyl (C=O) groups excluding carboxylic acids is 2. The van der Waals surface area contributed by atoms with Gasteiger partial charge in [0.05, 0.1) is 0 Å². The number of hydrogen-bond acceptors (Lipinski definition) is 4. The summed E-state index contributed by atoms with van der Waals surface area (Å²) in [5.74, 6) is -0.723. The predicted molar refractivity (Wildman–Crippen MR) is 92.9 cm³/mol. The van der Waals surface area contributed by atoms with Crippen molar-refractivity contribution in [2.75, 3.05) is 5.32 Å². The van der Waals surface area contributed by atoms with Crippen LogP contribution in [0, 0.1) is 0 Å². The minimum absolute atomic E-state index is 0.302. The lowest BCUT2D eigenvalue weighted by atomic mass is 10.2. The molecule has 1 N–H and O–H groups in total. The Kier molecular flexibility index (Phi) is 6.62. The number of rotatable bonds is 7. The number of amides is 1. The molecule has 23 heavy (non-hydrogen) atoms. The van der Waals surface area contributed by atoms with Crippen molar-refractivity contribution in [1.82, 2.24) is 0 Å². The second kappa shape index (κ2) is 8.70. The fraction of sp³-hybridized carbons (Fsp3) is 0.294. The molecule has 1 aromatic carbocycles. The number of anilines is 1. The van der Waals surface area contributed by atoms with Crippen molar-refractivity contribution in [1.29, 1.82) is 0 Å². The van der Waals surface area contributed by atoms with Crippen LogP contribution in [0.1, 0.15) is 24.6 Å². The highest BCUT2D eigenvalue weighted by atomic mass is 35.5. The summed E-state index contributed by atoms with van der Waals surface area (Å²) in [7, 11) is 0. The van der Waals surface area contributed by atoms with E-state index in [0.717, 1.165) is 6.42 Å². The first-order chi connectivity index (χ1) is 11.0. The van der Waals surface area contributed by atoms with Gasteiger partial charge in [-0.25, -0.2) is 0 Å². The van der Waals surface area contributed by atoms with Gasteiger partial charge in [-0.05, 0) is 55.5 Å². The summed E-state index contributed by atoms with van der Waals surface area (Å²) in [5.41, 5.74) is 0.611. The van der Waals surface area contributed by atoms with Crippen LogP contribution in [0.5, 0.6) is 0 Å². The molecule has 0 fully saturated rings. The highest BCUT2D eigenvalue weighted by molar-refractivity contribution is 7.09. The smallest absolute Gasteiger partial charge is 0.306 e. The fourth-order valence-electron chi connectivity index (χ4n) is 1.95. The zero-order valence-corrected chi connectivity index (χ0v) is 14.3. The standard InChI is InChI=1S/C17H18ClNO3S/c1-12(17(21)19-14-9-7-13(18)8-10-14)22-16(20)6-2-4-15-5-3-11-23-15/h3,5,7-12H,2,4,6H2,1H3,(H,19,21)/t12-/m1/s1. The lowest BCUT2D eigenvalue weighted by molar-refractivity contribution is -0.153. The Labute approximate surface area is 144 Å². The Morgan fingerprint density at radius 1 is 1.26 bits per heavy atom. The first kappa shape index (κ1) is 17.5. The lowest BCUT2D eigenvalue weighted by Gasteiger charge is -2.13. The molecular formula is C17H18ClNO3S. The monoisotopic (exact) mass is 351 g/mol. The zero-order valence-electron chi connectivity index (χ0n) is 12.8. The molecule has 0 radical (unpaired) electrons. The second-order valence-electron chi connectivity index (χ2n) is 5.06. The maximum atomic E-state index is 12.0. The molecule has 0 unspecified atom stereocenters. The van der Waals surface area contributed by atoms with E-state index in [0.29, 0.717) is 23.6 Å². The average molecular weight is 352 g/mol. The quantitative estimate of drug-likeness (QED) is 0.757. The minimum Gasteiger partial charge on any atom is -0.453 e. The van der Waals surface area contributed by atoms with Gasteiger partial charge < -0.3 is 10.1 Å². The average Bonchev–Trinajstić information content (AvgIpc) is 3.02. The Bertz CT molecular complexity index is 640. The molecule has 0 saturated heterocycles. The van der Waals surface area contributed by atoms with E-state index < -0.39 is 6.10 Å². The number of aryl methyl sites for hydroxylation is 1. The Morgan fingerprint density at radius 2 is 2.00 bits per heavy atom. The molecule has 1 amide bonds. The summed E-state index contributed by atoms with van der Waals surface area (Å²) < 4.78 is 5.15. The zero-order chi connectivity index (χ0) is 16.7. The van der Waals surface area contributed by atoms with E-state index in [1.54, 1.807) is 42.5 Å². The molecule has 0 aliphatic heterocycles. The van der Waals surface area contributed by atoms with Crippen LogP contribution < -0.4 is 5.32 Å². The highest BCUT2D eigenvalue weighted by Gasteiger charge is 2.17. The van der Waals surface area contributed by atoms with Crippen LogP contribution in [0.4, 0.5) is 5.69 Å². The number of halogens is 1. The van der Waals surface area contributed by atoms with E-state index in [4.69, 9.17) is 16.3 Å². The molecule has 122 valence electrons. The van der Waals surface area contributed by atoms with Crippen LogP contribution in [0.3, 0.4) is 0 Å². The summed E-state index contributed by atoms with van der Waals surface area (Å²) in [6, 6.07) is 10.8. The molecule has 0 aliphatic carbocycles. The van der Waals surface area contributed by atoms with Crippen LogP contribution in [0.15, 0.2) is 41.8 Å². The fourth-order valence-corrected chi connectivity index (χ4v) is 2.83. The Hall–Kier alpha value is -1.85. The summed E-state index contributed by atoms with van der Waals surface area (Å²) in [4.78, 5) is 25.0. The van der Waals surface area contributed by atoms with Gasteiger partial charge in [0.1, 0.15) is 0 Å². The van der Waals surface area contributed by atoms with Gasteiger partial charge in [0.25, 0.3) is 5.91 Å². The largest absolute Gasteiger partial charge is 0.453 e. The molecule has 0 bridgehead atoms. The van der Waals surface area contributed by atoms with Gasteiger partial charge in [-0.15, -0.1) is 11.3 Å². The van der Waals surface area contributed by atoms with Crippen molar-refractivity contribution < 1.29 is 14.3 Å². The molecule has 4 nitrogen and oxygen atoms in total. The van der Waals surface area contributed by atoms with Crippen molar-refractivity contribution >= 4 is 40.5 Å². The molecule has 0 aliphatic rings. The minimum atomic E-state index is -0.833. The summed E-state index contributed by atoms with van der Waals surface area (Å²) in [6.07, 6.45) is 1.03. The molecule has 0 spiro atoms. The predicted octanol–water partition coefficient (Wildman–Crippen LogP) is 4.29. The molecule has 2 aromatic rings. The Morgan fingerprint density at radius 3 is 2.65 bits per heavy atom.